The highest BCUT2D eigenvalue weighted by Crippen LogP contribution is 2.20. The Morgan fingerprint density at radius 3 is 2.79 bits per heavy atom. The van der Waals surface area contributed by atoms with Crippen LogP contribution < -0.4 is 0 Å². The van der Waals surface area contributed by atoms with Gasteiger partial charge in [-0.05, 0) is 6.42 Å². The predicted molar refractivity (Wildman–Crippen MR) is 54.2 cm³/mol. The minimum atomic E-state index is -0.271. The largest absolute Gasteiger partial charge is 0.274 e. The van der Waals surface area contributed by atoms with Crippen molar-refractivity contribution in [2.45, 2.75) is 26.2 Å². The highest BCUT2D eigenvalue weighted by Gasteiger charge is 2.35. The summed E-state index contributed by atoms with van der Waals surface area (Å²) in [5.41, 5.74) is 0. The lowest BCUT2D eigenvalue weighted by molar-refractivity contribution is -0.135. The van der Waals surface area contributed by atoms with Crippen LogP contribution >= 0.6 is 0 Å². The van der Waals surface area contributed by atoms with Crippen molar-refractivity contribution in [3.63, 3.8) is 0 Å². The first-order valence-corrected chi connectivity index (χ1v) is 4.85. The molecule has 0 N–H and O–H groups in total. The van der Waals surface area contributed by atoms with E-state index in [0.29, 0.717) is 0 Å². The van der Waals surface area contributed by atoms with Crippen molar-refractivity contribution in [1.82, 2.24) is 4.90 Å². The molecule has 1 aliphatic rings. The number of imide groups is 1. The van der Waals surface area contributed by atoms with E-state index in [0.717, 1.165) is 17.7 Å². The van der Waals surface area contributed by atoms with Gasteiger partial charge in [-0.2, -0.15) is 0 Å². The molecule has 0 spiro atoms. The Labute approximate surface area is 84.1 Å². The predicted octanol–water partition coefficient (Wildman–Crippen LogP) is 1.86. The molecule has 1 aliphatic heterocycles. The molecule has 1 unspecified atom stereocenters. The number of carbonyl (C=O) groups excluding carboxylic acids is 2. The average Bonchev–Trinajstić information content (AvgIpc) is 2.42. The van der Waals surface area contributed by atoms with Crippen LogP contribution in [0.15, 0.2) is 24.9 Å². The van der Waals surface area contributed by atoms with Crippen LogP contribution in [0, 0.1) is 5.92 Å². The van der Waals surface area contributed by atoms with Crippen LogP contribution in [0.2, 0.25) is 0 Å². The van der Waals surface area contributed by atoms with Crippen molar-refractivity contribution in [2.75, 3.05) is 0 Å². The molecule has 14 heavy (non-hydrogen) atoms. The molecule has 76 valence electrons. The molecular weight excluding hydrogens is 178 g/mol. The SMILES string of the molecule is C=CN1C(=O)CC(C=CCCC)C1=O. The van der Waals surface area contributed by atoms with Gasteiger partial charge in [0, 0.05) is 12.6 Å². The van der Waals surface area contributed by atoms with Gasteiger partial charge in [-0.15, -0.1) is 0 Å². The van der Waals surface area contributed by atoms with Gasteiger partial charge >= 0.3 is 0 Å². The smallest absolute Gasteiger partial charge is 0.240 e. The van der Waals surface area contributed by atoms with Crippen LogP contribution in [0.4, 0.5) is 0 Å². The maximum atomic E-state index is 11.5. The molecule has 1 fully saturated rings. The summed E-state index contributed by atoms with van der Waals surface area (Å²) in [6.07, 6.45) is 7.36. The summed E-state index contributed by atoms with van der Waals surface area (Å²) in [4.78, 5) is 23.9. The van der Waals surface area contributed by atoms with E-state index in [1.807, 2.05) is 12.2 Å². The van der Waals surface area contributed by atoms with Crippen LogP contribution in [0.25, 0.3) is 0 Å². The van der Waals surface area contributed by atoms with E-state index in [9.17, 15) is 9.59 Å². The lowest BCUT2D eigenvalue weighted by Crippen LogP contribution is -2.24. The molecule has 0 radical (unpaired) electrons. The Morgan fingerprint density at radius 1 is 1.57 bits per heavy atom. The van der Waals surface area contributed by atoms with Gasteiger partial charge in [-0.3, -0.25) is 14.5 Å². The van der Waals surface area contributed by atoms with Gasteiger partial charge in [0.05, 0.1) is 5.92 Å². The molecule has 0 aromatic rings. The molecule has 1 rings (SSSR count). The third-order valence-corrected chi connectivity index (χ3v) is 2.22. The minimum Gasteiger partial charge on any atom is -0.274 e. The van der Waals surface area contributed by atoms with Crippen LogP contribution in [-0.4, -0.2) is 16.7 Å². The Hall–Kier alpha value is -1.38. The third-order valence-electron chi connectivity index (χ3n) is 2.22. The number of hydrogen-bond donors (Lipinski definition) is 0. The Kier molecular flexibility index (Phi) is 3.63. The number of carbonyl (C=O) groups is 2. The highest BCUT2D eigenvalue weighted by atomic mass is 16.2. The molecule has 0 aromatic carbocycles. The quantitative estimate of drug-likeness (QED) is 0.505. The van der Waals surface area contributed by atoms with Crippen molar-refractivity contribution >= 4 is 11.8 Å². The number of rotatable bonds is 4. The Bertz CT molecular complexity index is 281. The zero-order valence-electron chi connectivity index (χ0n) is 8.40. The number of likely N-dealkylation sites (tertiary alicyclic amines) is 1. The lowest BCUT2D eigenvalue weighted by atomic mass is 10.1. The van der Waals surface area contributed by atoms with Crippen LogP contribution in [0.1, 0.15) is 26.2 Å². The van der Waals surface area contributed by atoms with E-state index < -0.39 is 0 Å². The summed E-state index contributed by atoms with van der Waals surface area (Å²) in [6.45, 7) is 5.51. The number of hydrogen-bond acceptors (Lipinski definition) is 2. The van der Waals surface area contributed by atoms with Gasteiger partial charge in [0.1, 0.15) is 0 Å². The second-order valence-electron chi connectivity index (χ2n) is 3.31. The second-order valence-corrected chi connectivity index (χ2v) is 3.31. The van der Waals surface area contributed by atoms with Crippen molar-refractivity contribution in [2.24, 2.45) is 5.92 Å². The van der Waals surface area contributed by atoms with Gasteiger partial charge in [-0.25, -0.2) is 0 Å². The standard InChI is InChI=1S/C11H15NO2/c1-3-5-6-7-9-8-10(13)12(4-2)11(9)14/h4,6-7,9H,2-3,5,8H2,1H3. The summed E-state index contributed by atoms with van der Waals surface area (Å²) in [6, 6.07) is 0. The fourth-order valence-corrected chi connectivity index (χ4v) is 1.44. The molecule has 3 heteroatoms. The fraction of sp³-hybridized carbons (Fsp3) is 0.455. The maximum Gasteiger partial charge on any atom is 0.240 e. The third kappa shape index (κ3) is 2.10. The van der Waals surface area contributed by atoms with Crippen molar-refractivity contribution in [3.05, 3.63) is 24.9 Å². The molecule has 0 saturated carbocycles. The first kappa shape index (κ1) is 10.7. The van der Waals surface area contributed by atoms with E-state index in [4.69, 9.17) is 0 Å². The molecule has 1 atom stereocenters. The van der Waals surface area contributed by atoms with Gasteiger partial charge in [0.15, 0.2) is 0 Å². The van der Waals surface area contributed by atoms with Crippen LogP contribution in [0.5, 0.6) is 0 Å². The molecule has 0 aromatic heterocycles. The Morgan fingerprint density at radius 2 is 2.29 bits per heavy atom. The zero-order valence-corrected chi connectivity index (χ0v) is 8.40. The van der Waals surface area contributed by atoms with Gasteiger partial charge < -0.3 is 0 Å². The van der Waals surface area contributed by atoms with E-state index in [1.54, 1.807) is 0 Å². The normalized spacial score (nSPS) is 22.4. The number of unbranched alkanes of at least 4 members (excludes halogenated alkanes) is 1. The first-order valence-electron chi connectivity index (χ1n) is 4.85. The number of amides is 2. The molecule has 0 bridgehead atoms. The highest BCUT2D eigenvalue weighted by molar-refractivity contribution is 6.05. The van der Waals surface area contributed by atoms with Gasteiger partial charge in [-0.1, -0.05) is 32.1 Å². The van der Waals surface area contributed by atoms with E-state index >= 15 is 0 Å². The molecule has 1 heterocycles. The van der Waals surface area contributed by atoms with Crippen molar-refractivity contribution in [3.8, 4) is 0 Å². The number of nitrogens with zero attached hydrogens (tertiary/aromatic N) is 1. The summed E-state index contributed by atoms with van der Waals surface area (Å²) in [5.74, 6) is -0.583. The fourth-order valence-electron chi connectivity index (χ4n) is 1.44. The van der Waals surface area contributed by atoms with Crippen molar-refractivity contribution < 1.29 is 9.59 Å². The van der Waals surface area contributed by atoms with Crippen LogP contribution in [-0.2, 0) is 9.59 Å². The van der Waals surface area contributed by atoms with E-state index in [-0.39, 0.29) is 24.2 Å². The van der Waals surface area contributed by atoms with Gasteiger partial charge in [0.25, 0.3) is 0 Å². The Balaban J connectivity index is 2.62. The molecular formula is C11H15NO2. The molecule has 2 amide bonds. The maximum absolute atomic E-state index is 11.5. The summed E-state index contributed by atoms with van der Waals surface area (Å²) in [7, 11) is 0. The molecule has 0 aliphatic carbocycles. The van der Waals surface area contributed by atoms with E-state index in [1.165, 1.54) is 6.20 Å². The summed E-state index contributed by atoms with van der Waals surface area (Å²) in [5, 5.41) is 0. The molecule has 1 saturated heterocycles. The number of allylic oxidation sites excluding steroid dienone is 1. The summed E-state index contributed by atoms with van der Waals surface area (Å²) >= 11 is 0. The zero-order chi connectivity index (χ0) is 10.6. The van der Waals surface area contributed by atoms with E-state index in [2.05, 4.69) is 13.5 Å². The summed E-state index contributed by atoms with van der Waals surface area (Å²) < 4.78 is 0. The second kappa shape index (κ2) is 4.74. The molecule has 3 nitrogen and oxygen atoms in total. The minimum absolute atomic E-state index is 0.155. The monoisotopic (exact) mass is 193 g/mol. The first-order chi connectivity index (χ1) is 6.70. The van der Waals surface area contributed by atoms with Gasteiger partial charge in [0.2, 0.25) is 11.8 Å². The topological polar surface area (TPSA) is 37.4 Å². The van der Waals surface area contributed by atoms with Crippen LogP contribution in [0.3, 0.4) is 0 Å². The average molecular weight is 193 g/mol. The van der Waals surface area contributed by atoms with Crippen molar-refractivity contribution in [1.29, 1.82) is 0 Å². The lowest BCUT2D eigenvalue weighted by Gasteiger charge is -2.05.